The second kappa shape index (κ2) is 8.97. The highest BCUT2D eigenvalue weighted by Gasteiger charge is 2.16. The minimum atomic E-state index is 0.186. The molecule has 0 N–H and O–H groups in total. The van der Waals surface area contributed by atoms with Crippen molar-refractivity contribution in [2.24, 2.45) is 0 Å². The smallest absolute Gasteiger partial charge is 0.0491 e. The van der Waals surface area contributed by atoms with Crippen LogP contribution in [0.5, 0.6) is 0 Å². The Morgan fingerprint density at radius 3 is 1.43 bits per heavy atom. The van der Waals surface area contributed by atoms with Crippen LogP contribution in [-0.2, 0) is 10.8 Å². The molecule has 0 aliphatic rings. The van der Waals surface area contributed by atoms with E-state index < -0.39 is 0 Å². The molecule has 0 amide bonds. The van der Waals surface area contributed by atoms with Gasteiger partial charge in [0.1, 0.15) is 0 Å². The van der Waals surface area contributed by atoms with Crippen molar-refractivity contribution in [2.75, 3.05) is 0 Å². The van der Waals surface area contributed by atoms with Crippen LogP contribution in [0.4, 0.5) is 0 Å². The first-order chi connectivity index (χ1) is 13.1. The van der Waals surface area contributed by atoms with Crippen molar-refractivity contribution >= 4 is 27.3 Å². The van der Waals surface area contributed by atoms with Crippen molar-refractivity contribution in [3.63, 3.8) is 0 Å². The fourth-order valence-electron chi connectivity index (χ4n) is 2.96. The molecule has 0 bridgehead atoms. The average Bonchev–Trinajstić information content (AvgIpc) is 3.04. The van der Waals surface area contributed by atoms with Crippen LogP contribution in [0.3, 0.4) is 0 Å². The summed E-state index contributed by atoms with van der Waals surface area (Å²) >= 11 is 5.61. The first-order valence-electron chi connectivity index (χ1n) is 10.1. The maximum Gasteiger partial charge on any atom is 0.0491 e. The molecule has 0 saturated heterocycles. The van der Waals surface area contributed by atoms with Crippen LogP contribution >= 0.6 is 27.3 Å². The number of halogens is 1. The summed E-state index contributed by atoms with van der Waals surface area (Å²) in [7, 11) is 0. The fraction of sp³-hybridized carbons (Fsp3) is 0.385. The molecule has 0 aliphatic heterocycles. The lowest BCUT2D eigenvalue weighted by Gasteiger charge is -2.19. The van der Waals surface area contributed by atoms with Crippen LogP contribution in [0.25, 0.3) is 20.9 Å². The van der Waals surface area contributed by atoms with Crippen molar-refractivity contribution in [3.8, 4) is 20.9 Å². The number of benzene rings is 2. The lowest BCUT2D eigenvalue weighted by Crippen LogP contribution is -2.10. The third kappa shape index (κ3) is 5.36. The highest BCUT2D eigenvalue weighted by Crippen LogP contribution is 2.42. The number of hydrogen-bond donors (Lipinski definition) is 0. The summed E-state index contributed by atoms with van der Waals surface area (Å²) in [4.78, 5) is 2.59. The van der Waals surface area contributed by atoms with Gasteiger partial charge in [-0.25, -0.2) is 0 Å². The molecule has 0 fully saturated rings. The lowest BCUT2D eigenvalue weighted by atomic mass is 9.86. The normalized spacial score (nSPS) is 11.8. The first kappa shape index (κ1) is 22.9. The predicted octanol–water partition coefficient (Wildman–Crippen LogP) is 9.47. The molecule has 1 heterocycles. The number of hydrogen-bond acceptors (Lipinski definition) is 1. The summed E-state index contributed by atoms with van der Waals surface area (Å²) in [6.45, 7) is 17.5. The van der Waals surface area contributed by atoms with Gasteiger partial charge in [0.15, 0.2) is 0 Å². The molecule has 0 unspecified atom stereocenters. The molecule has 0 atom stereocenters. The van der Waals surface area contributed by atoms with Crippen molar-refractivity contribution in [1.29, 1.82) is 0 Å². The Balaban J connectivity index is 0.00000136. The van der Waals surface area contributed by atoms with E-state index >= 15 is 0 Å². The van der Waals surface area contributed by atoms with Gasteiger partial charge in [-0.1, -0.05) is 104 Å². The van der Waals surface area contributed by atoms with E-state index in [1.54, 1.807) is 0 Å². The minimum Gasteiger partial charge on any atom is -0.134 e. The van der Waals surface area contributed by atoms with Gasteiger partial charge in [-0.15, -0.1) is 11.3 Å². The van der Waals surface area contributed by atoms with Crippen molar-refractivity contribution in [1.82, 2.24) is 0 Å². The molecule has 0 aliphatic carbocycles. The molecule has 0 spiro atoms. The standard InChI is InChI=1S/C24H27BrS.C2H6/c1-23(2,3)18-11-7-16(8-12-18)21-15-20(25)22(26-21)17-9-13-19(14-10-17)24(4,5)6;1-2/h7-15H,1-6H3;1-2H3. The van der Waals surface area contributed by atoms with E-state index in [4.69, 9.17) is 0 Å². The summed E-state index contributed by atoms with van der Waals surface area (Å²) in [5.41, 5.74) is 5.66. The molecule has 0 saturated carbocycles. The molecular formula is C26H33BrS. The van der Waals surface area contributed by atoms with Gasteiger partial charge in [0.25, 0.3) is 0 Å². The van der Waals surface area contributed by atoms with E-state index in [9.17, 15) is 0 Å². The second-order valence-corrected chi connectivity index (χ2v) is 10.8. The highest BCUT2D eigenvalue weighted by atomic mass is 79.9. The minimum absolute atomic E-state index is 0.186. The van der Waals surface area contributed by atoms with Gasteiger partial charge < -0.3 is 0 Å². The second-order valence-electron chi connectivity index (χ2n) is 8.94. The summed E-state index contributed by atoms with van der Waals surface area (Å²) in [5.74, 6) is 0. The Morgan fingerprint density at radius 1 is 0.643 bits per heavy atom. The quantitative estimate of drug-likeness (QED) is 0.359. The Labute approximate surface area is 184 Å². The topological polar surface area (TPSA) is 0 Å². The SMILES string of the molecule is CC.CC(C)(C)c1ccc(-c2cc(Br)c(-c3ccc(C(C)(C)C)cc3)s2)cc1. The third-order valence-corrected chi connectivity index (χ3v) is 6.86. The maximum absolute atomic E-state index is 3.77. The molecule has 3 rings (SSSR count). The van der Waals surface area contributed by atoms with Crippen LogP contribution in [0.2, 0.25) is 0 Å². The molecule has 1 aromatic heterocycles. The van der Waals surface area contributed by atoms with Gasteiger partial charge >= 0.3 is 0 Å². The average molecular weight is 458 g/mol. The van der Waals surface area contributed by atoms with E-state index in [0.717, 1.165) is 0 Å². The zero-order valence-corrected chi connectivity index (χ0v) is 20.9. The fourth-order valence-corrected chi connectivity index (χ4v) is 4.88. The van der Waals surface area contributed by atoms with Gasteiger partial charge in [-0.3, -0.25) is 0 Å². The highest BCUT2D eigenvalue weighted by molar-refractivity contribution is 9.10. The largest absolute Gasteiger partial charge is 0.134 e. The van der Waals surface area contributed by atoms with E-state index in [0.29, 0.717) is 0 Å². The van der Waals surface area contributed by atoms with Gasteiger partial charge in [0.2, 0.25) is 0 Å². The van der Waals surface area contributed by atoms with Crippen LogP contribution in [0, 0.1) is 0 Å². The third-order valence-electron chi connectivity index (χ3n) is 4.74. The summed E-state index contributed by atoms with van der Waals surface area (Å²) in [6, 6.07) is 20.2. The Morgan fingerprint density at radius 2 is 1.04 bits per heavy atom. The van der Waals surface area contributed by atoms with Crippen molar-refractivity contribution in [3.05, 3.63) is 70.2 Å². The molecule has 0 radical (unpaired) electrons. The van der Waals surface area contributed by atoms with Gasteiger partial charge in [0.05, 0.1) is 0 Å². The van der Waals surface area contributed by atoms with Gasteiger partial charge in [-0.2, -0.15) is 0 Å². The lowest BCUT2D eigenvalue weighted by molar-refractivity contribution is 0.590. The molecule has 0 nitrogen and oxygen atoms in total. The predicted molar refractivity (Wildman–Crippen MR) is 132 cm³/mol. The zero-order valence-electron chi connectivity index (χ0n) is 18.5. The van der Waals surface area contributed by atoms with E-state index in [2.05, 4.69) is 112 Å². The van der Waals surface area contributed by atoms with E-state index in [1.807, 2.05) is 25.2 Å². The Bertz CT molecular complexity index is 886. The van der Waals surface area contributed by atoms with Gasteiger partial charge in [0, 0.05) is 14.2 Å². The summed E-state index contributed by atoms with van der Waals surface area (Å²) < 4.78 is 1.17. The summed E-state index contributed by atoms with van der Waals surface area (Å²) in [6.07, 6.45) is 0. The van der Waals surface area contributed by atoms with Crippen LogP contribution in [0.15, 0.2) is 59.1 Å². The first-order valence-corrected chi connectivity index (χ1v) is 11.7. The summed E-state index contributed by atoms with van der Waals surface area (Å²) in [5, 5.41) is 0. The Hall–Kier alpha value is -1.38. The Kier molecular flexibility index (Phi) is 7.33. The monoisotopic (exact) mass is 456 g/mol. The molecule has 2 aromatic carbocycles. The number of thiophene rings is 1. The van der Waals surface area contributed by atoms with Crippen molar-refractivity contribution in [2.45, 2.75) is 66.2 Å². The van der Waals surface area contributed by atoms with Crippen molar-refractivity contribution < 1.29 is 0 Å². The van der Waals surface area contributed by atoms with E-state index in [-0.39, 0.29) is 10.8 Å². The van der Waals surface area contributed by atoms with Gasteiger partial charge in [-0.05, 0) is 55.1 Å². The van der Waals surface area contributed by atoms with Crippen LogP contribution in [0.1, 0.15) is 66.5 Å². The zero-order chi connectivity index (χ0) is 21.1. The molecule has 28 heavy (non-hydrogen) atoms. The molecule has 150 valence electrons. The maximum atomic E-state index is 3.77. The van der Waals surface area contributed by atoms with Crippen LogP contribution in [-0.4, -0.2) is 0 Å². The van der Waals surface area contributed by atoms with Crippen LogP contribution < -0.4 is 0 Å². The molecule has 3 aromatic rings. The molecule has 2 heteroatoms. The molecular weight excluding hydrogens is 424 g/mol. The van der Waals surface area contributed by atoms with E-state index in [1.165, 1.54) is 36.5 Å². The number of rotatable bonds is 2.